The van der Waals surface area contributed by atoms with Gasteiger partial charge in [0.2, 0.25) is 0 Å². The van der Waals surface area contributed by atoms with Crippen molar-refractivity contribution in [2.75, 3.05) is 18.5 Å². The third-order valence-electron chi connectivity index (χ3n) is 4.22. The number of anilines is 1. The number of nitrogens with zero attached hydrogens (tertiary/aromatic N) is 1. The molecule has 1 saturated heterocycles. The highest BCUT2D eigenvalue weighted by molar-refractivity contribution is 6.00. The predicted octanol–water partition coefficient (Wildman–Crippen LogP) is 2.42. The number of hydrogen-bond donors (Lipinski definition) is 1. The number of carbonyl (C=O) groups excluding carboxylic acids is 2. The summed E-state index contributed by atoms with van der Waals surface area (Å²) in [6.07, 6.45) is 4.31. The summed E-state index contributed by atoms with van der Waals surface area (Å²) < 4.78 is 5.32. The van der Waals surface area contributed by atoms with Gasteiger partial charge in [0.05, 0.1) is 5.69 Å². The van der Waals surface area contributed by atoms with Crippen LogP contribution in [0.2, 0.25) is 0 Å². The Bertz CT molecular complexity index is 571. The van der Waals surface area contributed by atoms with E-state index in [2.05, 4.69) is 12.2 Å². The van der Waals surface area contributed by atoms with Crippen molar-refractivity contribution in [3.63, 3.8) is 0 Å². The number of carbonyl (C=O) groups is 2. The number of fused-ring (bicyclic) bond motifs is 1. The van der Waals surface area contributed by atoms with Crippen LogP contribution in [0.1, 0.15) is 43.0 Å². The van der Waals surface area contributed by atoms with E-state index in [-0.39, 0.29) is 18.4 Å². The number of likely N-dealkylation sites (tertiary alicyclic amines) is 1. The van der Waals surface area contributed by atoms with Crippen LogP contribution in [-0.2, 0) is 4.79 Å². The van der Waals surface area contributed by atoms with Crippen LogP contribution in [0.5, 0.6) is 5.75 Å². The zero-order valence-corrected chi connectivity index (χ0v) is 12.2. The molecule has 1 aromatic carbocycles. The molecule has 2 aliphatic heterocycles. The molecule has 2 amide bonds. The van der Waals surface area contributed by atoms with E-state index in [1.165, 1.54) is 6.42 Å². The Balaban J connectivity index is 1.84. The largest absolute Gasteiger partial charge is 0.482 e. The fourth-order valence-corrected chi connectivity index (χ4v) is 3.07. The average Bonchev–Trinajstić information content (AvgIpc) is 2.53. The average molecular weight is 288 g/mol. The molecule has 0 bridgehead atoms. The smallest absolute Gasteiger partial charge is 0.262 e. The summed E-state index contributed by atoms with van der Waals surface area (Å²) in [4.78, 5) is 26.1. The second kappa shape index (κ2) is 5.76. The standard InChI is InChI=1S/C16H20N2O3/c1-2-12-5-3-4-8-18(12)16(20)11-6-7-14-13(9-11)17-15(19)10-21-14/h6-7,9,12H,2-5,8,10H2,1H3,(H,17,19)/t12-/m0/s1. The van der Waals surface area contributed by atoms with Crippen LogP contribution in [0.4, 0.5) is 5.69 Å². The van der Waals surface area contributed by atoms with Crippen molar-refractivity contribution < 1.29 is 14.3 Å². The summed E-state index contributed by atoms with van der Waals surface area (Å²) in [6.45, 7) is 2.97. The molecule has 3 rings (SSSR count). The molecule has 0 spiro atoms. The van der Waals surface area contributed by atoms with Gasteiger partial charge in [-0.05, 0) is 43.9 Å². The quantitative estimate of drug-likeness (QED) is 0.909. The number of benzene rings is 1. The highest BCUT2D eigenvalue weighted by Gasteiger charge is 2.27. The molecule has 2 heterocycles. The van der Waals surface area contributed by atoms with Crippen molar-refractivity contribution in [3.8, 4) is 5.75 Å². The molecule has 0 saturated carbocycles. The highest BCUT2D eigenvalue weighted by Crippen LogP contribution is 2.30. The first-order valence-electron chi connectivity index (χ1n) is 7.56. The first-order valence-corrected chi connectivity index (χ1v) is 7.56. The molecular formula is C16H20N2O3. The van der Waals surface area contributed by atoms with Gasteiger partial charge < -0.3 is 15.0 Å². The van der Waals surface area contributed by atoms with Gasteiger partial charge in [0.25, 0.3) is 11.8 Å². The molecule has 1 N–H and O–H groups in total. The second-order valence-electron chi connectivity index (χ2n) is 5.60. The van der Waals surface area contributed by atoms with E-state index in [9.17, 15) is 9.59 Å². The molecule has 0 aromatic heterocycles. The van der Waals surface area contributed by atoms with Crippen molar-refractivity contribution in [2.45, 2.75) is 38.6 Å². The lowest BCUT2D eigenvalue weighted by Gasteiger charge is -2.35. The molecule has 0 radical (unpaired) electrons. The Morgan fingerprint density at radius 2 is 2.29 bits per heavy atom. The molecule has 5 heteroatoms. The molecule has 112 valence electrons. The minimum Gasteiger partial charge on any atom is -0.482 e. The van der Waals surface area contributed by atoms with Gasteiger partial charge in [-0.15, -0.1) is 0 Å². The number of hydrogen-bond acceptors (Lipinski definition) is 3. The lowest BCUT2D eigenvalue weighted by Crippen LogP contribution is -2.43. The monoisotopic (exact) mass is 288 g/mol. The van der Waals surface area contributed by atoms with E-state index in [4.69, 9.17) is 4.74 Å². The first-order chi connectivity index (χ1) is 10.2. The molecule has 0 aliphatic carbocycles. The minimum atomic E-state index is -0.184. The zero-order chi connectivity index (χ0) is 14.8. The third kappa shape index (κ3) is 2.73. The van der Waals surface area contributed by atoms with E-state index in [1.807, 2.05) is 4.90 Å². The molecular weight excluding hydrogens is 268 g/mol. The van der Waals surface area contributed by atoms with Crippen molar-refractivity contribution >= 4 is 17.5 Å². The Morgan fingerprint density at radius 3 is 3.10 bits per heavy atom. The van der Waals surface area contributed by atoms with Crippen molar-refractivity contribution in [3.05, 3.63) is 23.8 Å². The molecule has 1 fully saturated rings. The molecule has 2 aliphatic rings. The van der Waals surface area contributed by atoms with E-state index in [1.54, 1.807) is 18.2 Å². The Morgan fingerprint density at radius 1 is 1.43 bits per heavy atom. The first kappa shape index (κ1) is 13.9. The third-order valence-corrected chi connectivity index (χ3v) is 4.22. The zero-order valence-electron chi connectivity index (χ0n) is 12.2. The van der Waals surface area contributed by atoms with Crippen molar-refractivity contribution in [1.29, 1.82) is 0 Å². The fraction of sp³-hybridized carbons (Fsp3) is 0.500. The SMILES string of the molecule is CC[C@H]1CCCCN1C(=O)c1ccc2c(c1)NC(=O)CO2. The Hall–Kier alpha value is -2.04. The second-order valence-corrected chi connectivity index (χ2v) is 5.60. The maximum Gasteiger partial charge on any atom is 0.262 e. The van der Waals surface area contributed by atoms with Gasteiger partial charge in [0.1, 0.15) is 5.75 Å². The summed E-state index contributed by atoms with van der Waals surface area (Å²) in [5, 5.41) is 2.75. The van der Waals surface area contributed by atoms with Gasteiger partial charge in [-0.3, -0.25) is 9.59 Å². The van der Waals surface area contributed by atoms with Gasteiger partial charge in [0.15, 0.2) is 6.61 Å². The molecule has 21 heavy (non-hydrogen) atoms. The normalized spacial score (nSPS) is 21.3. The van der Waals surface area contributed by atoms with Crippen LogP contribution in [0.25, 0.3) is 0 Å². The lowest BCUT2D eigenvalue weighted by atomic mass is 9.98. The topological polar surface area (TPSA) is 58.6 Å². The Labute approximate surface area is 124 Å². The van der Waals surface area contributed by atoms with Gasteiger partial charge in [0, 0.05) is 18.2 Å². The number of amides is 2. The Kier molecular flexibility index (Phi) is 3.82. The van der Waals surface area contributed by atoms with Crippen molar-refractivity contribution in [1.82, 2.24) is 4.90 Å². The number of rotatable bonds is 2. The van der Waals surface area contributed by atoms with Gasteiger partial charge >= 0.3 is 0 Å². The van der Waals surface area contributed by atoms with Crippen LogP contribution < -0.4 is 10.1 Å². The summed E-state index contributed by atoms with van der Waals surface area (Å²) in [5.74, 6) is 0.484. The highest BCUT2D eigenvalue weighted by atomic mass is 16.5. The fourth-order valence-electron chi connectivity index (χ4n) is 3.07. The van der Waals surface area contributed by atoms with Gasteiger partial charge in [-0.2, -0.15) is 0 Å². The van der Waals surface area contributed by atoms with Crippen LogP contribution in [0.15, 0.2) is 18.2 Å². The van der Waals surface area contributed by atoms with Crippen LogP contribution in [-0.4, -0.2) is 35.9 Å². The van der Waals surface area contributed by atoms with Crippen LogP contribution >= 0.6 is 0 Å². The summed E-state index contributed by atoms with van der Waals surface area (Å²) >= 11 is 0. The molecule has 5 nitrogen and oxygen atoms in total. The summed E-state index contributed by atoms with van der Waals surface area (Å²) in [7, 11) is 0. The summed E-state index contributed by atoms with van der Waals surface area (Å²) in [6, 6.07) is 5.58. The van der Waals surface area contributed by atoms with Gasteiger partial charge in [-0.1, -0.05) is 6.92 Å². The summed E-state index contributed by atoms with van der Waals surface area (Å²) in [5.41, 5.74) is 1.20. The van der Waals surface area contributed by atoms with Crippen LogP contribution in [0.3, 0.4) is 0 Å². The molecule has 0 unspecified atom stereocenters. The van der Waals surface area contributed by atoms with E-state index < -0.39 is 0 Å². The molecule has 1 atom stereocenters. The molecule has 1 aromatic rings. The van der Waals surface area contributed by atoms with Crippen molar-refractivity contribution in [2.24, 2.45) is 0 Å². The van der Waals surface area contributed by atoms with Crippen LogP contribution in [0, 0.1) is 0 Å². The van der Waals surface area contributed by atoms with E-state index in [0.717, 1.165) is 25.8 Å². The maximum absolute atomic E-state index is 12.7. The lowest BCUT2D eigenvalue weighted by molar-refractivity contribution is -0.118. The van der Waals surface area contributed by atoms with E-state index >= 15 is 0 Å². The number of piperidine rings is 1. The predicted molar refractivity (Wildman–Crippen MR) is 79.5 cm³/mol. The maximum atomic E-state index is 12.7. The van der Waals surface area contributed by atoms with E-state index in [0.29, 0.717) is 23.0 Å². The number of nitrogens with one attached hydrogen (secondary N) is 1. The van der Waals surface area contributed by atoms with Gasteiger partial charge in [-0.25, -0.2) is 0 Å². The minimum absolute atomic E-state index is 0.0321. The number of ether oxygens (including phenoxy) is 1.